The number of benzene rings is 2. The van der Waals surface area contributed by atoms with Crippen LogP contribution >= 0.6 is 0 Å². The van der Waals surface area contributed by atoms with Gasteiger partial charge in [-0.2, -0.15) is 0 Å². The minimum absolute atomic E-state index is 0.584. The second-order valence-corrected chi connectivity index (χ2v) is 6.45. The molecule has 0 amide bonds. The number of methoxy groups -OCH3 is 1. The van der Waals surface area contributed by atoms with Crippen molar-refractivity contribution in [3.63, 3.8) is 0 Å². The van der Waals surface area contributed by atoms with Crippen molar-refractivity contribution >= 4 is 11.6 Å². The van der Waals surface area contributed by atoms with Gasteiger partial charge in [-0.3, -0.25) is 4.98 Å². The van der Waals surface area contributed by atoms with E-state index < -0.39 is 0 Å². The molecule has 3 aromatic rings. The van der Waals surface area contributed by atoms with E-state index in [9.17, 15) is 0 Å². The van der Waals surface area contributed by atoms with E-state index in [1.807, 2.05) is 42.6 Å². The second kappa shape index (κ2) is 7.91. The highest BCUT2D eigenvalue weighted by Crippen LogP contribution is 2.26. The molecule has 27 heavy (non-hydrogen) atoms. The summed E-state index contributed by atoms with van der Waals surface area (Å²) in [4.78, 5) is 11.3. The van der Waals surface area contributed by atoms with Crippen LogP contribution in [0.2, 0.25) is 0 Å². The van der Waals surface area contributed by atoms with Crippen LogP contribution in [0, 0.1) is 0 Å². The molecular formula is C22H22N4O. The minimum Gasteiger partial charge on any atom is -0.496 e. The third-order valence-corrected chi connectivity index (χ3v) is 4.61. The van der Waals surface area contributed by atoms with Crippen molar-refractivity contribution in [2.75, 3.05) is 12.4 Å². The normalized spacial score (nSPS) is 14.6. The van der Waals surface area contributed by atoms with Crippen LogP contribution < -0.4 is 10.1 Å². The predicted octanol–water partition coefficient (Wildman–Crippen LogP) is 4.07. The molecule has 4 rings (SSSR count). The number of aliphatic imine (C=N–C) groups is 1. The number of para-hydroxylation sites is 2. The number of nitrogens with one attached hydrogen (secondary N) is 1. The van der Waals surface area contributed by atoms with Crippen LogP contribution in [0.1, 0.15) is 16.7 Å². The molecule has 0 radical (unpaired) electrons. The van der Waals surface area contributed by atoms with Gasteiger partial charge in [-0.1, -0.05) is 42.5 Å². The lowest BCUT2D eigenvalue weighted by Gasteiger charge is -2.33. The van der Waals surface area contributed by atoms with Crippen LogP contribution in [-0.2, 0) is 19.6 Å². The van der Waals surface area contributed by atoms with Crippen LogP contribution in [0.15, 0.2) is 78.0 Å². The first-order valence-electron chi connectivity index (χ1n) is 8.98. The first-order valence-corrected chi connectivity index (χ1v) is 8.98. The first-order chi connectivity index (χ1) is 13.3. The Morgan fingerprint density at radius 3 is 2.78 bits per heavy atom. The molecule has 0 aliphatic carbocycles. The fraction of sp³-hybridized carbons (Fsp3) is 0.182. The lowest BCUT2D eigenvalue weighted by molar-refractivity contribution is 0.371. The molecule has 2 aromatic carbocycles. The highest BCUT2D eigenvalue weighted by atomic mass is 16.5. The minimum atomic E-state index is 0.584. The van der Waals surface area contributed by atoms with Crippen LogP contribution in [0.5, 0.6) is 5.75 Å². The molecule has 1 aromatic heterocycles. The Kier molecular flexibility index (Phi) is 5.01. The van der Waals surface area contributed by atoms with Gasteiger partial charge in [0, 0.05) is 36.7 Å². The Morgan fingerprint density at radius 1 is 1.07 bits per heavy atom. The summed E-state index contributed by atoms with van der Waals surface area (Å²) in [5.74, 6) is 1.76. The quantitative estimate of drug-likeness (QED) is 0.747. The molecule has 5 nitrogen and oxygen atoms in total. The van der Waals surface area contributed by atoms with E-state index in [2.05, 4.69) is 39.5 Å². The summed E-state index contributed by atoms with van der Waals surface area (Å²) in [6.07, 6.45) is 3.63. The summed E-state index contributed by atoms with van der Waals surface area (Å²) < 4.78 is 5.53. The topological polar surface area (TPSA) is 49.8 Å². The van der Waals surface area contributed by atoms with E-state index in [4.69, 9.17) is 9.73 Å². The number of hydrogen-bond donors (Lipinski definition) is 1. The fourth-order valence-corrected chi connectivity index (χ4v) is 3.23. The van der Waals surface area contributed by atoms with Gasteiger partial charge in [-0.15, -0.1) is 0 Å². The number of nitrogens with zero attached hydrogens (tertiary/aromatic N) is 3. The summed E-state index contributed by atoms with van der Waals surface area (Å²) in [6, 6.07) is 20.4. The Labute approximate surface area is 159 Å². The van der Waals surface area contributed by atoms with Gasteiger partial charge in [-0.25, -0.2) is 4.99 Å². The molecule has 0 unspecified atom stereocenters. The van der Waals surface area contributed by atoms with Gasteiger partial charge in [0.25, 0.3) is 0 Å². The van der Waals surface area contributed by atoms with E-state index >= 15 is 0 Å². The summed E-state index contributed by atoms with van der Waals surface area (Å²) in [6.45, 7) is 2.10. The van der Waals surface area contributed by atoms with Gasteiger partial charge in [0.1, 0.15) is 5.75 Å². The van der Waals surface area contributed by atoms with Crippen LogP contribution in [0.3, 0.4) is 0 Å². The maximum atomic E-state index is 5.53. The monoisotopic (exact) mass is 358 g/mol. The molecule has 2 heterocycles. The van der Waals surface area contributed by atoms with Crippen molar-refractivity contribution in [3.8, 4) is 5.75 Å². The lowest BCUT2D eigenvalue weighted by atomic mass is 10.1. The lowest BCUT2D eigenvalue weighted by Crippen LogP contribution is -2.39. The summed E-state index contributed by atoms with van der Waals surface area (Å²) in [7, 11) is 1.71. The summed E-state index contributed by atoms with van der Waals surface area (Å²) in [5, 5.41) is 3.49. The molecule has 0 bridgehead atoms. The molecular weight excluding hydrogens is 336 g/mol. The van der Waals surface area contributed by atoms with Gasteiger partial charge in [0.2, 0.25) is 0 Å². The maximum Gasteiger partial charge on any atom is 0.199 e. The number of anilines is 1. The molecule has 1 N–H and O–H groups in total. The number of fused-ring (bicyclic) bond motifs is 1. The average Bonchev–Trinajstić information content (AvgIpc) is 2.73. The number of rotatable bonds is 5. The largest absolute Gasteiger partial charge is 0.496 e. The first kappa shape index (κ1) is 17.1. The smallest absolute Gasteiger partial charge is 0.199 e. The molecule has 1 aliphatic heterocycles. The number of guanidine groups is 1. The SMILES string of the molecule is COc1ccccc1CN1Cc2ccccc2NC1=NCc1cccnc1. The predicted molar refractivity (Wildman–Crippen MR) is 108 cm³/mol. The number of pyridine rings is 1. The average molecular weight is 358 g/mol. The molecule has 136 valence electrons. The zero-order valence-electron chi connectivity index (χ0n) is 15.3. The Bertz CT molecular complexity index is 940. The van der Waals surface area contributed by atoms with Gasteiger partial charge < -0.3 is 15.0 Å². The molecule has 0 fully saturated rings. The van der Waals surface area contributed by atoms with E-state index in [1.165, 1.54) is 5.56 Å². The van der Waals surface area contributed by atoms with Crippen LogP contribution in [-0.4, -0.2) is 23.0 Å². The van der Waals surface area contributed by atoms with E-state index in [-0.39, 0.29) is 0 Å². The van der Waals surface area contributed by atoms with E-state index in [1.54, 1.807) is 13.3 Å². The Balaban J connectivity index is 1.63. The molecule has 0 spiro atoms. The number of ether oxygens (including phenoxy) is 1. The van der Waals surface area contributed by atoms with Gasteiger partial charge in [0.05, 0.1) is 13.7 Å². The molecule has 5 heteroatoms. The van der Waals surface area contributed by atoms with Crippen molar-refractivity contribution in [1.82, 2.24) is 9.88 Å². The van der Waals surface area contributed by atoms with Crippen molar-refractivity contribution in [2.24, 2.45) is 4.99 Å². The van der Waals surface area contributed by atoms with Crippen molar-refractivity contribution in [1.29, 1.82) is 0 Å². The van der Waals surface area contributed by atoms with E-state index in [0.29, 0.717) is 6.54 Å². The van der Waals surface area contributed by atoms with E-state index in [0.717, 1.165) is 41.6 Å². The zero-order chi connectivity index (χ0) is 18.5. The Morgan fingerprint density at radius 2 is 1.93 bits per heavy atom. The molecule has 0 saturated heterocycles. The van der Waals surface area contributed by atoms with Gasteiger partial charge in [0.15, 0.2) is 5.96 Å². The third-order valence-electron chi connectivity index (χ3n) is 4.61. The van der Waals surface area contributed by atoms with Crippen LogP contribution in [0.25, 0.3) is 0 Å². The number of hydrogen-bond acceptors (Lipinski definition) is 3. The second-order valence-electron chi connectivity index (χ2n) is 6.45. The standard InChI is InChI=1S/C22H22N4O/c1-27-21-11-5-3-9-19(21)16-26-15-18-8-2-4-10-20(18)25-22(26)24-14-17-7-6-12-23-13-17/h2-13H,14-16H2,1H3,(H,24,25). The summed E-state index contributed by atoms with van der Waals surface area (Å²) in [5.41, 5.74) is 4.59. The van der Waals surface area contributed by atoms with Crippen molar-refractivity contribution < 1.29 is 4.74 Å². The third kappa shape index (κ3) is 3.92. The van der Waals surface area contributed by atoms with Crippen molar-refractivity contribution in [2.45, 2.75) is 19.6 Å². The Hall–Kier alpha value is -3.34. The zero-order valence-corrected chi connectivity index (χ0v) is 15.3. The number of aromatic nitrogens is 1. The highest BCUT2D eigenvalue weighted by molar-refractivity contribution is 5.96. The molecule has 0 atom stereocenters. The molecule has 0 saturated carbocycles. The molecule has 1 aliphatic rings. The van der Waals surface area contributed by atoms with Gasteiger partial charge >= 0.3 is 0 Å². The maximum absolute atomic E-state index is 5.53. The van der Waals surface area contributed by atoms with Crippen LogP contribution in [0.4, 0.5) is 5.69 Å². The highest BCUT2D eigenvalue weighted by Gasteiger charge is 2.21. The van der Waals surface area contributed by atoms with Gasteiger partial charge in [-0.05, 0) is 29.3 Å². The van der Waals surface area contributed by atoms with Crippen molar-refractivity contribution in [3.05, 3.63) is 89.7 Å². The fourth-order valence-electron chi connectivity index (χ4n) is 3.23. The summed E-state index contributed by atoms with van der Waals surface area (Å²) >= 11 is 0.